The van der Waals surface area contributed by atoms with Crippen LogP contribution in [0.25, 0.3) is 4.85 Å². The molecule has 0 bridgehead atoms. The monoisotopic (exact) mass is 185 g/mol. The van der Waals surface area contributed by atoms with E-state index in [2.05, 4.69) is 10.8 Å². The van der Waals surface area contributed by atoms with Crippen molar-refractivity contribution in [3.8, 4) is 18.1 Å². The smallest absolute Gasteiger partial charge is 0.187 e. The molecule has 0 heterocycles. The fourth-order valence-electron chi connectivity index (χ4n) is 0.913. The average Bonchev–Trinajstić information content (AvgIpc) is 2.19. The van der Waals surface area contributed by atoms with E-state index in [-0.39, 0.29) is 0 Å². The van der Waals surface area contributed by atoms with Gasteiger partial charge >= 0.3 is 0 Å². The van der Waals surface area contributed by atoms with Crippen LogP contribution in [0.3, 0.4) is 0 Å². The van der Waals surface area contributed by atoms with Crippen molar-refractivity contribution in [2.75, 3.05) is 0 Å². The minimum absolute atomic E-state index is 0.593. The Morgan fingerprint density at radius 1 is 1.36 bits per heavy atom. The zero-order chi connectivity index (χ0) is 10.6. The summed E-state index contributed by atoms with van der Waals surface area (Å²) < 4.78 is 5.51. The van der Waals surface area contributed by atoms with E-state index in [1.807, 2.05) is 13.8 Å². The molecule has 0 aliphatic heterocycles. The Kier molecular flexibility index (Phi) is 2.79. The van der Waals surface area contributed by atoms with Crippen LogP contribution in [0.4, 0.5) is 5.69 Å². The first-order valence-electron chi connectivity index (χ1n) is 4.22. The Morgan fingerprint density at radius 2 is 1.93 bits per heavy atom. The number of ether oxygens (including phenoxy) is 1. The summed E-state index contributed by atoms with van der Waals surface area (Å²) in [4.78, 5) is 3.28. The fraction of sp³-hybridized carbons (Fsp3) is 0.250. The quantitative estimate of drug-likeness (QED) is 0.510. The second-order valence-corrected chi connectivity index (χ2v) is 3.36. The van der Waals surface area contributed by atoms with E-state index in [0.717, 1.165) is 0 Å². The van der Waals surface area contributed by atoms with E-state index >= 15 is 0 Å². The lowest BCUT2D eigenvalue weighted by atomic mass is 10.1. The highest BCUT2D eigenvalue weighted by Crippen LogP contribution is 2.21. The molecule has 0 aromatic heterocycles. The zero-order valence-electron chi connectivity index (χ0n) is 8.24. The lowest BCUT2D eigenvalue weighted by Crippen LogP contribution is -2.25. The van der Waals surface area contributed by atoms with Gasteiger partial charge in [-0.15, -0.1) is 6.42 Å². The van der Waals surface area contributed by atoms with Gasteiger partial charge in [0, 0.05) is 0 Å². The number of nitrogens with zero attached hydrogens (tertiary/aromatic N) is 1. The Bertz CT molecular complexity index is 390. The predicted octanol–water partition coefficient (Wildman–Crippen LogP) is 3.03. The van der Waals surface area contributed by atoms with Gasteiger partial charge in [-0.3, -0.25) is 0 Å². The summed E-state index contributed by atoms with van der Waals surface area (Å²) in [6, 6.07) is 6.89. The van der Waals surface area contributed by atoms with Crippen molar-refractivity contribution in [3.05, 3.63) is 35.7 Å². The molecule has 0 aliphatic carbocycles. The molecule has 0 radical (unpaired) electrons. The SMILES string of the molecule is [C-]#[N+]c1ccc(OC(C)(C)C#C)cc1. The number of rotatable bonds is 2. The molecular formula is C12H11NO. The van der Waals surface area contributed by atoms with Crippen LogP contribution in [0.2, 0.25) is 0 Å². The van der Waals surface area contributed by atoms with Gasteiger partial charge in [-0.2, -0.15) is 0 Å². The Balaban J connectivity index is 2.81. The fourth-order valence-corrected chi connectivity index (χ4v) is 0.913. The van der Waals surface area contributed by atoms with Gasteiger partial charge in [0.1, 0.15) is 5.75 Å². The van der Waals surface area contributed by atoms with E-state index < -0.39 is 5.60 Å². The first-order valence-corrected chi connectivity index (χ1v) is 4.22. The summed E-state index contributed by atoms with van der Waals surface area (Å²) in [6.45, 7) is 10.4. The van der Waals surface area contributed by atoms with E-state index in [1.165, 1.54) is 0 Å². The molecule has 0 unspecified atom stereocenters. The molecule has 1 aromatic rings. The van der Waals surface area contributed by atoms with Gasteiger partial charge in [0.25, 0.3) is 0 Å². The summed E-state index contributed by atoms with van der Waals surface area (Å²) in [5, 5.41) is 0. The highest BCUT2D eigenvalue weighted by Gasteiger charge is 2.14. The van der Waals surface area contributed by atoms with Gasteiger partial charge in [-0.25, -0.2) is 4.85 Å². The van der Waals surface area contributed by atoms with E-state index in [9.17, 15) is 0 Å². The molecule has 1 aromatic carbocycles. The molecule has 0 saturated heterocycles. The molecule has 0 aliphatic rings. The summed E-state index contributed by atoms with van der Waals surface area (Å²) in [7, 11) is 0. The van der Waals surface area contributed by atoms with Gasteiger partial charge in [0.05, 0.1) is 6.57 Å². The third-order valence-electron chi connectivity index (χ3n) is 1.69. The zero-order valence-corrected chi connectivity index (χ0v) is 8.24. The van der Waals surface area contributed by atoms with Gasteiger partial charge in [0.15, 0.2) is 11.3 Å². The summed E-state index contributed by atoms with van der Waals surface area (Å²) >= 11 is 0. The predicted molar refractivity (Wildman–Crippen MR) is 56.2 cm³/mol. The lowest BCUT2D eigenvalue weighted by molar-refractivity contribution is 0.172. The molecule has 0 saturated carbocycles. The number of hydrogen-bond acceptors (Lipinski definition) is 1. The van der Waals surface area contributed by atoms with Crippen LogP contribution in [-0.2, 0) is 0 Å². The molecule has 1 rings (SSSR count). The van der Waals surface area contributed by atoms with Crippen LogP contribution in [-0.4, -0.2) is 5.60 Å². The molecule has 0 fully saturated rings. The van der Waals surface area contributed by atoms with Crippen molar-refractivity contribution in [1.82, 2.24) is 0 Å². The largest absolute Gasteiger partial charge is 0.475 e. The highest BCUT2D eigenvalue weighted by molar-refractivity contribution is 5.47. The first-order chi connectivity index (χ1) is 6.57. The second kappa shape index (κ2) is 3.85. The number of terminal acetylenes is 1. The Labute approximate surface area is 84.3 Å². The Hall–Kier alpha value is -1.93. The van der Waals surface area contributed by atoms with Crippen LogP contribution >= 0.6 is 0 Å². The van der Waals surface area contributed by atoms with Crippen LogP contribution < -0.4 is 4.74 Å². The Morgan fingerprint density at radius 3 is 2.36 bits per heavy atom. The molecule has 0 amide bonds. The van der Waals surface area contributed by atoms with Crippen molar-refractivity contribution in [1.29, 1.82) is 0 Å². The molecule has 0 N–H and O–H groups in total. The number of benzene rings is 1. The number of hydrogen-bond donors (Lipinski definition) is 0. The van der Waals surface area contributed by atoms with Crippen LogP contribution in [0.5, 0.6) is 5.75 Å². The summed E-state index contributed by atoms with van der Waals surface area (Å²) in [5.41, 5.74) is -0.0181. The van der Waals surface area contributed by atoms with Crippen molar-refractivity contribution in [2.45, 2.75) is 19.4 Å². The standard InChI is InChI=1S/C12H11NO/c1-5-12(2,3)14-11-8-6-10(13-4)7-9-11/h1,6-9H,2-3H3. The summed E-state index contributed by atoms with van der Waals surface area (Å²) in [5.74, 6) is 3.22. The van der Waals surface area contributed by atoms with Gasteiger partial charge < -0.3 is 4.74 Å². The maximum absolute atomic E-state index is 6.78. The third kappa shape index (κ3) is 2.54. The van der Waals surface area contributed by atoms with Gasteiger partial charge in [0.2, 0.25) is 0 Å². The van der Waals surface area contributed by atoms with Crippen LogP contribution in [0.1, 0.15) is 13.8 Å². The summed E-state index contributed by atoms with van der Waals surface area (Å²) in [6.07, 6.45) is 5.29. The molecule has 70 valence electrons. The second-order valence-electron chi connectivity index (χ2n) is 3.36. The molecular weight excluding hydrogens is 174 g/mol. The molecule has 0 spiro atoms. The normalized spacial score (nSPS) is 10.0. The third-order valence-corrected chi connectivity index (χ3v) is 1.69. The lowest BCUT2D eigenvalue weighted by Gasteiger charge is -2.19. The molecule has 2 nitrogen and oxygen atoms in total. The molecule has 0 atom stereocenters. The van der Waals surface area contributed by atoms with Crippen molar-refractivity contribution < 1.29 is 4.74 Å². The first kappa shape index (κ1) is 10.2. The topological polar surface area (TPSA) is 13.6 Å². The molecule has 2 heteroatoms. The van der Waals surface area contributed by atoms with Gasteiger partial charge in [-0.1, -0.05) is 18.1 Å². The van der Waals surface area contributed by atoms with Crippen molar-refractivity contribution in [2.24, 2.45) is 0 Å². The van der Waals surface area contributed by atoms with Crippen molar-refractivity contribution in [3.63, 3.8) is 0 Å². The van der Waals surface area contributed by atoms with Crippen LogP contribution in [0.15, 0.2) is 24.3 Å². The minimum atomic E-state index is -0.611. The van der Waals surface area contributed by atoms with E-state index in [1.54, 1.807) is 24.3 Å². The highest BCUT2D eigenvalue weighted by atomic mass is 16.5. The minimum Gasteiger partial charge on any atom is -0.475 e. The maximum atomic E-state index is 6.78. The molecule has 14 heavy (non-hydrogen) atoms. The maximum Gasteiger partial charge on any atom is 0.187 e. The van der Waals surface area contributed by atoms with E-state index in [4.69, 9.17) is 17.7 Å². The van der Waals surface area contributed by atoms with Gasteiger partial charge in [-0.05, 0) is 26.0 Å². The van der Waals surface area contributed by atoms with Crippen molar-refractivity contribution >= 4 is 5.69 Å². The van der Waals surface area contributed by atoms with E-state index in [0.29, 0.717) is 11.4 Å². The van der Waals surface area contributed by atoms with Crippen LogP contribution in [0, 0.1) is 18.9 Å². The average molecular weight is 185 g/mol.